The first-order valence-electron chi connectivity index (χ1n) is 5.41. The van der Waals surface area contributed by atoms with Crippen LogP contribution in [0.2, 0.25) is 0 Å². The van der Waals surface area contributed by atoms with Crippen LogP contribution in [-0.2, 0) is 4.79 Å². The van der Waals surface area contributed by atoms with Gasteiger partial charge in [-0.25, -0.2) is 0 Å². The first-order chi connectivity index (χ1) is 6.76. The molecule has 0 aromatic heterocycles. The van der Waals surface area contributed by atoms with Gasteiger partial charge in [0.1, 0.15) is 6.42 Å². The summed E-state index contributed by atoms with van der Waals surface area (Å²) in [5, 5.41) is 8.46. The van der Waals surface area contributed by atoms with Crippen LogP contribution in [0.4, 0.5) is 0 Å². The summed E-state index contributed by atoms with van der Waals surface area (Å²) in [6, 6.07) is 1.93. The number of hydrogen-bond donors (Lipinski definition) is 0. The van der Waals surface area contributed by atoms with Gasteiger partial charge in [-0.1, -0.05) is 12.8 Å². The fraction of sp³-hybridized carbons (Fsp3) is 0.818. The van der Waals surface area contributed by atoms with Gasteiger partial charge in [0.2, 0.25) is 5.91 Å². The average molecular weight is 192 g/mol. The molecule has 3 nitrogen and oxygen atoms in total. The molecule has 1 amide bonds. The van der Waals surface area contributed by atoms with Gasteiger partial charge in [-0.2, -0.15) is 5.26 Å². The summed E-state index contributed by atoms with van der Waals surface area (Å²) < 4.78 is 0. The molecule has 1 heterocycles. The normalized spacial score (nSPS) is 24.1. The third-order valence-electron chi connectivity index (χ3n) is 3.69. The van der Waals surface area contributed by atoms with Gasteiger partial charge in [0.15, 0.2) is 0 Å². The number of carbonyl (C=O) groups is 1. The zero-order chi connectivity index (χ0) is 10.0. The molecule has 0 aromatic carbocycles. The van der Waals surface area contributed by atoms with Crippen molar-refractivity contribution in [2.24, 2.45) is 5.41 Å². The highest BCUT2D eigenvalue weighted by Gasteiger charge is 2.41. The smallest absolute Gasteiger partial charge is 0.236 e. The summed E-state index contributed by atoms with van der Waals surface area (Å²) in [7, 11) is 0. The van der Waals surface area contributed by atoms with E-state index in [4.69, 9.17) is 5.26 Å². The van der Waals surface area contributed by atoms with Crippen molar-refractivity contribution in [2.75, 3.05) is 13.1 Å². The lowest BCUT2D eigenvalue weighted by Gasteiger charge is -2.22. The molecule has 2 fully saturated rings. The number of likely N-dealkylation sites (tertiary alicyclic amines) is 1. The molecule has 1 spiro atoms. The van der Waals surface area contributed by atoms with Crippen LogP contribution in [0.1, 0.15) is 38.5 Å². The van der Waals surface area contributed by atoms with Crippen molar-refractivity contribution in [3.63, 3.8) is 0 Å². The van der Waals surface area contributed by atoms with Crippen molar-refractivity contribution >= 4 is 5.91 Å². The van der Waals surface area contributed by atoms with Gasteiger partial charge in [0.05, 0.1) is 6.07 Å². The van der Waals surface area contributed by atoms with Crippen LogP contribution in [0.5, 0.6) is 0 Å². The average Bonchev–Trinajstić information content (AvgIpc) is 2.78. The lowest BCUT2D eigenvalue weighted by molar-refractivity contribution is -0.129. The summed E-state index contributed by atoms with van der Waals surface area (Å²) >= 11 is 0. The Morgan fingerprint density at radius 1 is 1.36 bits per heavy atom. The Balaban J connectivity index is 1.94. The van der Waals surface area contributed by atoms with Crippen molar-refractivity contribution in [3.05, 3.63) is 0 Å². The summed E-state index contributed by atoms with van der Waals surface area (Å²) in [4.78, 5) is 13.4. The topological polar surface area (TPSA) is 44.1 Å². The Labute approximate surface area is 84.7 Å². The first-order valence-corrected chi connectivity index (χ1v) is 5.41. The van der Waals surface area contributed by atoms with Gasteiger partial charge in [0, 0.05) is 13.1 Å². The molecule has 1 aliphatic heterocycles. The van der Waals surface area contributed by atoms with Crippen molar-refractivity contribution in [1.82, 2.24) is 4.90 Å². The van der Waals surface area contributed by atoms with Crippen LogP contribution in [0, 0.1) is 16.7 Å². The standard InChI is InChI=1S/C11H16N2O/c12-7-3-10(14)13-8-6-11(9-13)4-1-2-5-11/h1-6,8-9H2. The zero-order valence-electron chi connectivity index (χ0n) is 8.46. The molecule has 2 rings (SSSR count). The van der Waals surface area contributed by atoms with Crippen LogP contribution >= 0.6 is 0 Å². The number of hydrogen-bond acceptors (Lipinski definition) is 2. The Kier molecular flexibility index (Phi) is 2.45. The number of amides is 1. The zero-order valence-corrected chi connectivity index (χ0v) is 8.46. The molecule has 2 aliphatic rings. The van der Waals surface area contributed by atoms with Gasteiger partial charge in [0.25, 0.3) is 0 Å². The number of nitrogens with zero attached hydrogens (tertiary/aromatic N) is 2. The molecule has 0 N–H and O–H groups in total. The highest BCUT2D eigenvalue weighted by Crippen LogP contribution is 2.45. The van der Waals surface area contributed by atoms with Crippen LogP contribution in [-0.4, -0.2) is 23.9 Å². The van der Waals surface area contributed by atoms with Crippen LogP contribution in [0.25, 0.3) is 0 Å². The second-order valence-electron chi connectivity index (χ2n) is 4.61. The number of carbonyl (C=O) groups excluding carboxylic acids is 1. The summed E-state index contributed by atoms with van der Waals surface area (Å²) in [6.45, 7) is 1.79. The predicted octanol–water partition coefficient (Wildman–Crippen LogP) is 1.69. The maximum atomic E-state index is 11.5. The molecule has 0 atom stereocenters. The molecule has 0 bridgehead atoms. The number of rotatable bonds is 1. The largest absolute Gasteiger partial charge is 0.341 e. The molecule has 0 unspecified atom stereocenters. The number of nitriles is 1. The molecule has 1 saturated carbocycles. The van der Waals surface area contributed by atoms with Crippen LogP contribution in [0.15, 0.2) is 0 Å². The van der Waals surface area contributed by atoms with Crippen molar-refractivity contribution < 1.29 is 4.79 Å². The van der Waals surface area contributed by atoms with Crippen molar-refractivity contribution in [2.45, 2.75) is 38.5 Å². The van der Waals surface area contributed by atoms with Gasteiger partial charge in [-0.05, 0) is 24.7 Å². The first kappa shape index (κ1) is 9.51. The molecular weight excluding hydrogens is 176 g/mol. The Bertz CT molecular complexity index is 274. The summed E-state index contributed by atoms with van der Waals surface area (Å²) in [5.74, 6) is 0.0243. The van der Waals surface area contributed by atoms with Crippen LogP contribution in [0.3, 0.4) is 0 Å². The molecule has 76 valence electrons. The van der Waals surface area contributed by atoms with Gasteiger partial charge in [-0.15, -0.1) is 0 Å². The highest BCUT2D eigenvalue weighted by atomic mass is 16.2. The molecule has 3 heteroatoms. The van der Waals surface area contributed by atoms with Gasteiger partial charge in [-0.3, -0.25) is 4.79 Å². The fourth-order valence-corrected chi connectivity index (χ4v) is 2.86. The lowest BCUT2D eigenvalue weighted by Crippen LogP contribution is -2.30. The maximum Gasteiger partial charge on any atom is 0.236 e. The minimum atomic E-state index is 0.0243. The van der Waals surface area contributed by atoms with E-state index in [1.165, 1.54) is 25.7 Å². The second-order valence-corrected chi connectivity index (χ2v) is 4.61. The Morgan fingerprint density at radius 2 is 2.07 bits per heavy atom. The minimum absolute atomic E-state index is 0.0243. The van der Waals surface area contributed by atoms with E-state index in [1.807, 2.05) is 11.0 Å². The molecule has 1 saturated heterocycles. The lowest BCUT2D eigenvalue weighted by atomic mass is 9.86. The van der Waals surface area contributed by atoms with Gasteiger partial charge >= 0.3 is 0 Å². The second kappa shape index (κ2) is 3.61. The predicted molar refractivity (Wildman–Crippen MR) is 52.3 cm³/mol. The molecule has 0 radical (unpaired) electrons. The Hall–Kier alpha value is -1.04. The molecule has 0 aromatic rings. The van der Waals surface area contributed by atoms with E-state index >= 15 is 0 Å². The van der Waals surface area contributed by atoms with Crippen molar-refractivity contribution in [3.8, 4) is 6.07 Å². The monoisotopic (exact) mass is 192 g/mol. The summed E-state index contributed by atoms with van der Waals surface area (Å²) in [5.41, 5.74) is 0.436. The van der Waals surface area contributed by atoms with E-state index in [9.17, 15) is 4.79 Å². The van der Waals surface area contributed by atoms with E-state index < -0.39 is 0 Å². The van der Waals surface area contributed by atoms with E-state index in [0.29, 0.717) is 5.41 Å². The Morgan fingerprint density at radius 3 is 2.71 bits per heavy atom. The summed E-state index contributed by atoms with van der Waals surface area (Å²) in [6.07, 6.45) is 6.41. The van der Waals surface area contributed by atoms with E-state index in [-0.39, 0.29) is 12.3 Å². The minimum Gasteiger partial charge on any atom is -0.341 e. The van der Waals surface area contributed by atoms with Crippen LogP contribution < -0.4 is 0 Å². The maximum absolute atomic E-state index is 11.5. The van der Waals surface area contributed by atoms with E-state index in [2.05, 4.69) is 0 Å². The van der Waals surface area contributed by atoms with E-state index in [1.54, 1.807) is 0 Å². The third kappa shape index (κ3) is 1.61. The highest BCUT2D eigenvalue weighted by molar-refractivity contribution is 5.78. The van der Waals surface area contributed by atoms with Gasteiger partial charge < -0.3 is 4.90 Å². The van der Waals surface area contributed by atoms with Crippen molar-refractivity contribution in [1.29, 1.82) is 5.26 Å². The SMILES string of the molecule is N#CCC(=O)N1CCC2(CCCC2)C1. The quantitative estimate of drug-likeness (QED) is 0.634. The third-order valence-corrected chi connectivity index (χ3v) is 3.69. The molecule has 1 aliphatic carbocycles. The molecule has 14 heavy (non-hydrogen) atoms. The fourth-order valence-electron chi connectivity index (χ4n) is 2.86. The van der Waals surface area contributed by atoms with E-state index in [0.717, 1.165) is 19.5 Å². The molecular formula is C11H16N2O.